The fraction of sp³-hybridized carbons (Fsp3) is 0.160. The van der Waals surface area contributed by atoms with Crippen molar-refractivity contribution >= 4 is 32.7 Å². The van der Waals surface area contributed by atoms with Gasteiger partial charge >= 0.3 is 0 Å². The quantitative estimate of drug-likeness (QED) is 0.406. The molecule has 0 saturated carbocycles. The van der Waals surface area contributed by atoms with Gasteiger partial charge in [0.05, 0.1) is 29.9 Å². The number of carbonyl (C=O) groups is 1. The molecular weight excluding hydrogens is 454 g/mol. The molecule has 3 heterocycles. The number of fused-ring (bicyclic) bond motifs is 1. The fourth-order valence-corrected chi connectivity index (χ4v) is 4.16. The highest BCUT2D eigenvalue weighted by Gasteiger charge is 2.27. The van der Waals surface area contributed by atoms with E-state index in [-0.39, 0.29) is 12.0 Å². The first-order chi connectivity index (χ1) is 15.2. The summed E-state index contributed by atoms with van der Waals surface area (Å²) in [5.41, 5.74) is 4.15. The van der Waals surface area contributed by atoms with E-state index in [4.69, 9.17) is 9.72 Å². The van der Waals surface area contributed by atoms with Crippen molar-refractivity contribution in [3.05, 3.63) is 94.7 Å². The highest BCUT2D eigenvalue weighted by atomic mass is 79.9. The van der Waals surface area contributed by atoms with E-state index < -0.39 is 0 Å². The third-order valence-corrected chi connectivity index (χ3v) is 6.03. The number of pyridine rings is 2. The molecule has 4 aromatic rings. The minimum absolute atomic E-state index is 0.00541. The fourth-order valence-electron chi connectivity index (χ4n) is 3.90. The van der Waals surface area contributed by atoms with Crippen LogP contribution in [0, 0.1) is 0 Å². The van der Waals surface area contributed by atoms with Gasteiger partial charge in [0, 0.05) is 34.4 Å². The summed E-state index contributed by atoms with van der Waals surface area (Å²) in [5, 5.41) is 0.854. The summed E-state index contributed by atoms with van der Waals surface area (Å²) < 4.78 is 6.99. The number of hydrogen-bond donors (Lipinski definition) is 0. The van der Waals surface area contributed by atoms with Crippen LogP contribution in [0.4, 0.5) is 0 Å². The Hall–Kier alpha value is -3.09. The molecular formula is C25H20BrN3O2. The molecule has 0 bridgehead atoms. The van der Waals surface area contributed by atoms with E-state index in [9.17, 15) is 4.79 Å². The van der Waals surface area contributed by atoms with Gasteiger partial charge in [-0.2, -0.15) is 0 Å². The second kappa shape index (κ2) is 8.57. The van der Waals surface area contributed by atoms with E-state index in [2.05, 4.69) is 20.9 Å². The van der Waals surface area contributed by atoms with Crippen molar-refractivity contribution in [2.45, 2.75) is 6.10 Å². The third-order valence-electron chi connectivity index (χ3n) is 5.50. The van der Waals surface area contributed by atoms with Crippen molar-refractivity contribution in [2.75, 3.05) is 19.7 Å². The van der Waals surface area contributed by atoms with Crippen molar-refractivity contribution < 1.29 is 9.53 Å². The maximum absolute atomic E-state index is 13.6. The number of morpholine rings is 1. The molecule has 5 rings (SSSR count). The van der Waals surface area contributed by atoms with Gasteiger partial charge in [-0.15, -0.1) is 0 Å². The molecule has 0 radical (unpaired) electrons. The Morgan fingerprint density at radius 2 is 1.90 bits per heavy atom. The Bertz CT molecular complexity index is 1230. The molecule has 2 aromatic carbocycles. The van der Waals surface area contributed by atoms with Crippen molar-refractivity contribution in [1.29, 1.82) is 0 Å². The minimum Gasteiger partial charge on any atom is -0.370 e. The average molecular weight is 474 g/mol. The number of benzene rings is 2. The second-order valence-electron chi connectivity index (χ2n) is 7.48. The minimum atomic E-state index is -0.142. The van der Waals surface area contributed by atoms with Crippen LogP contribution in [0.3, 0.4) is 0 Å². The molecule has 154 valence electrons. The monoisotopic (exact) mass is 473 g/mol. The van der Waals surface area contributed by atoms with E-state index in [1.54, 1.807) is 12.4 Å². The largest absolute Gasteiger partial charge is 0.370 e. The first-order valence-corrected chi connectivity index (χ1v) is 10.9. The SMILES string of the molecule is O=C(c1cc(-c2cccnc2)nc2ccccc12)N1CCOC(c2ccc(Br)cc2)C1. The third kappa shape index (κ3) is 4.09. The molecule has 1 unspecified atom stereocenters. The summed E-state index contributed by atoms with van der Waals surface area (Å²) in [6.45, 7) is 1.58. The summed E-state index contributed by atoms with van der Waals surface area (Å²) >= 11 is 3.47. The zero-order valence-corrected chi connectivity index (χ0v) is 18.3. The number of halogens is 1. The summed E-state index contributed by atoms with van der Waals surface area (Å²) in [6.07, 6.45) is 3.35. The van der Waals surface area contributed by atoms with Crippen LogP contribution in [0.5, 0.6) is 0 Å². The summed E-state index contributed by atoms with van der Waals surface area (Å²) in [6, 6.07) is 21.5. The highest BCUT2D eigenvalue weighted by Crippen LogP contribution is 2.28. The predicted octanol–water partition coefficient (Wildman–Crippen LogP) is 5.27. The summed E-state index contributed by atoms with van der Waals surface area (Å²) in [4.78, 5) is 24.5. The molecule has 1 fully saturated rings. The maximum atomic E-state index is 13.6. The molecule has 5 nitrogen and oxygen atoms in total. The molecule has 31 heavy (non-hydrogen) atoms. The molecule has 2 aromatic heterocycles. The van der Waals surface area contributed by atoms with Crippen LogP contribution in [0.2, 0.25) is 0 Å². The van der Waals surface area contributed by atoms with Gasteiger partial charge in [0.2, 0.25) is 0 Å². The van der Waals surface area contributed by atoms with Gasteiger partial charge < -0.3 is 9.64 Å². The number of carbonyl (C=O) groups excluding carboxylic acids is 1. The normalized spacial score (nSPS) is 16.4. The lowest BCUT2D eigenvalue weighted by Crippen LogP contribution is -2.42. The molecule has 1 atom stereocenters. The first kappa shape index (κ1) is 19.8. The van der Waals surface area contributed by atoms with E-state index >= 15 is 0 Å². The van der Waals surface area contributed by atoms with Gasteiger partial charge in [-0.1, -0.05) is 46.3 Å². The molecule has 0 N–H and O–H groups in total. The van der Waals surface area contributed by atoms with Crippen LogP contribution < -0.4 is 0 Å². The molecule has 0 aliphatic carbocycles. The molecule has 1 saturated heterocycles. The predicted molar refractivity (Wildman–Crippen MR) is 124 cm³/mol. The number of amides is 1. The molecule has 0 spiro atoms. The number of para-hydroxylation sites is 1. The van der Waals surface area contributed by atoms with Crippen LogP contribution in [-0.2, 0) is 4.74 Å². The zero-order valence-electron chi connectivity index (χ0n) is 16.7. The number of hydrogen-bond acceptors (Lipinski definition) is 4. The van der Waals surface area contributed by atoms with Crippen LogP contribution in [0.25, 0.3) is 22.2 Å². The van der Waals surface area contributed by atoms with Gasteiger partial charge in [0.15, 0.2) is 0 Å². The lowest BCUT2D eigenvalue weighted by molar-refractivity contribution is -0.0227. The second-order valence-corrected chi connectivity index (χ2v) is 8.39. The van der Waals surface area contributed by atoms with Gasteiger partial charge in [0.1, 0.15) is 6.10 Å². The molecule has 1 aliphatic heterocycles. The van der Waals surface area contributed by atoms with Gasteiger partial charge in [-0.05, 0) is 42.0 Å². The van der Waals surface area contributed by atoms with E-state index in [0.717, 1.165) is 32.2 Å². The lowest BCUT2D eigenvalue weighted by atomic mass is 10.0. The number of nitrogens with zero attached hydrogens (tertiary/aromatic N) is 3. The maximum Gasteiger partial charge on any atom is 0.254 e. The Balaban J connectivity index is 1.51. The van der Waals surface area contributed by atoms with Crippen molar-refractivity contribution in [2.24, 2.45) is 0 Å². The first-order valence-electron chi connectivity index (χ1n) is 10.2. The van der Waals surface area contributed by atoms with Crippen LogP contribution in [-0.4, -0.2) is 40.5 Å². The van der Waals surface area contributed by atoms with E-state index in [0.29, 0.717) is 25.3 Å². The Morgan fingerprint density at radius 1 is 1.06 bits per heavy atom. The summed E-state index contributed by atoms with van der Waals surface area (Å²) in [7, 11) is 0. The standard InChI is InChI=1S/C25H20BrN3O2/c26-19-9-7-17(8-10-19)24-16-29(12-13-31-24)25(30)21-14-23(18-4-3-11-27-15-18)28-22-6-2-1-5-20(21)22/h1-11,14-15,24H,12-13,16H2. The van der Waals surface area contributed by atoms with E-state index in [1.165, 1.54) is 0 Å². The van der Waals surface area contributed by atoms with Crippen LogP contribution in [0.15, 0.2) is 83.6 Å². The Morgan fingerprint density at radius 3 is 2.71 bits per heavy atom. The highest BCUT2D eigenvalue weighted by molar-refractivity contribution is 9.10. The average Bonchev–Trinajstić information content (AvgIpc) is 2.84. The topological polar surface area (TPSA) is 55.3 Å². The Labute approximate surface area is 188 Å². The van der Waals surface area contributed by atoms with Crippen molar-refractivity contribution in [3.8, 4) is 11.3 Å². The molecule has 1 amide bonds. The summed E-state index contributed by atoms with van der Waals surface area (Å²) in [5.74, 6) is -0.00541. The van der Waals surface area contributed by atoms with Crippen LogP contribution in [0.1, 0.15) is 22.0 Å². The van der Waals surface area contributed by atoms with E-state index in [1.807, 2.05) is 71.6 Å². The number of ether oxygens (including phenoxy) is 1. The van der Waals surface area contributed by atoms with Crippen molar-refractivity contribution in [1.82, 2.24) is 14.9 Å². The molecule has 6 heteroatoms. The molecule has 1 aliphatic rings. The Kier molecular flexibility index (Phi) is 5.49. The number of rotatable bonds is 3. The smallest absolute Gasteiger partial charge is 0.254 e. The lowest BCUT2D eigenvalue weighted by Gasteiger charge is -2.33. The zero-order chi connectivity index (χ0) is 21.2. The van der Waals surface area contributed by atoms with Crippen molar-refractivity contribution in [3.63, 3.8) is 0 Å². The van der Waals surface area contributed by atoms with Gasteiger partial charge in [-0.25, -0.2) is 4.98 Å². The number of aromatic nitrogens is 2. The van der Waals surface area contributed by atoms with Gasteiger partial charge in [0.25, 0.3) is 5.91 Å². The van der Waals surface area contributed by atoms with Gasteiger partial charge in [-0.3, -0.25) is 9.78 Å². The van der Waals surface area contributed by atoms with Crippen LogP contribution >= 0.6 is 15.9 Å².